The standard InChI is InChI=1S/C31H25ClFN5O5/c1-35-29(42)36-14-13-23-25(38(36)30(35)43)16-24-27(40)37(34-21-11-9-20(33)10-12-21)28(41)31(24,18-5-7-19(32)8-6-18)26(23)17-3-2-4-22(39)15-17/h2-13,15,24-26,34,39H,14,16H2,1H3/t24-,25+,26-,31+/m0/s1. The molecule has 0 spiro atoms. The zero-order chi connectivity index (χ0) is 30.2. The summed E-state index contributed by atoms with van der Waals surface area (Å²) in [6, 6.07) is 17.8. The van der Waals surface area contributed by atoms with Crippen LogP contribution < -0.4 is 16.8 Å². The van der Waals surface area contributed by atoms with E-state index in [4.69, 9.17) is 11.6 Å². The van der Waals surface area contributed by atoms with E-state index in [0.29, 0.717) is 27.4 Å². The van der Waals surface area contributed by atoms with E-state index in [1.807, 2.05) is 6.08 Å². The van der Waals surface area contributed by atoms with Crippen molar-refractivity contribution in [3.63, 3.8) is 0 Å². The third-order valence-corrected chi connectivity index (χ3v) is 9.17. The number of phenolic OH excluding ortho intramolecular Hbond substituents is 1. The average Bonchev–Trinajstić information content (AvgIpc) is 3.35. The van der Waals surface area contributed by atoms with Crippen molar-refractivity contribution in [2.45, 2.75) is 30.3 Å². The van der Waals surface area contributed by atoms with Gasteiger partial charge in [-0.2, -0.15) is 5.01 Å². The number of halogens is 2. The first kappa shape index (κ1) is 27.0. The van der Waals surface area contributed by atoms with Crippen LogP contribution >= 0.6 is 11.6 Å². The molecule has 7 rings (SSSR count). The number of nitrogens with zero attached hydrogens (tertiary/aromatic N) is 4. The highest BCUT2D eigenvalue weighted by atomic mass is 35.5. The maximum atomic E-state index is 14.9. The molecule has 1 aromatic heterocycles. The summed E-state index contributed by atoms with van der Waals surface area (Å²) in [7, 11) is 1.40. The van der Waals surface area contributed by atoms with Gasteiger partial charge in [0.05, 0.1) is 29.6 Å². The van der Waals surface area contributed by atoms with E-state index in [0.717, 1.165) is 9.58 Å². The van der Waals surface area contributed by atoms with E-state index in [1.165, 1.54) is 46.7 Å². The Hall–Kier alpha value is -4.90. The van der Waals surface area contributed by atoms with Gasteiger partial charge in [0, 0.05) is 18.0 Å². The lowest BCUT2D eigenvalue weighted by atomic mass is 9.53. The predicted molar refractivity (Wildman–Crippen MR) is 155 cm³/mol. The molecule has 43 heavy (non-hydrogen) atoms. The predicted octanol–water partition coefficient (Wildman–Crippen LogP) is 3.47. The molecule has 4 aromatic rings. The largest absolute Gasteiger partial charge is 0.508 e. The van der Waals surface area contributed by atoms with Gasteiger partial charge in [0.1, 0.15) is 11.6 Å². The fourth-order valence-corrected chi connectivity index (χ4v) is 7.23. The van der Waals surface area contributed by atoms with Gasteiger partial charge in [-0.3, -0.25) is 15.0 Å². The molecule has 2 aliphatic heterocycles. The highest BCUT2D eigenvalue weighted by molar-refractivity contribution is 6.30. The average molecular weight is 602 g/mol. The normalized spacial score (nSPS) is 24.3. The molecule has 10 nitrogen and oxygen atoms in total. The molecule has 1 aliphatic carbocycles. The number of aromatic nitrogens is 3. The number of benzene rings is 3. The third kappa shape index (κ3) is 3.77. The maximum absolute atomic E-state index is 14.9. The number of hydrogen-bond acceptors (Lipinski definition) is 6. The molecule has 2 amide bonds. The van der Waals surface area contributed by atoms with E-state index in [2.05, 4.69) is 5.43 Å². The van der Waals surface area contributed by atoms with E-state index in [9.17, 15) is 28.7 Å². The first-order valence-corrected chi connectivity index (χ1v) is 14.0. The fourth-order valence-electron chi connectivity index (χ4n) is 7.11. The number of allylic oxidation sites excluding steroid dienone is 2. The molecule has 2 N–H and O–H groups in total. The Labute approximate surface area is 248 Å². The van der Waals surface area contributed by atoms with Gasteiger partial charge in [0.2, 0.25) is 0 Å². The number of amides is 2. The summed E-state index contributed by atoms with van der Waals surface area (Å²) in [5.41, 5.74) is 2.42. The molecule has 218 valence electrons. The number of imide groups is 1. The van der Waals surface area contributed by atoms with Gasteiger partial charge >= 0.3 is 11.4 Å². The number of aromatic hydroxyl groups is 1. The van der Waals surface area contributed by atoms with Crippen LogP contribution in [0.2, 0.25) is 5.02 Å². The molecule has 0 bridgehead atoms. The van der Waals surface area contributed by atoms with Gasteiger partial charge in [-0.25, -0.2) is 27.9 Å². The number of phenols is 1. The van der Waals surface area contributed by atoms with Crippen molar-refractivity contribution in [1.29, 1.82) is 0 Å². The maximum Gasteiger partial charge on any atom is 0.347 e. The van der Waals surface area contributed by atoms with Crippen LogP contribution in [-0.4, -0.2) is 35.9 Å². The van der Waals surface area contributed by atoms with E-state index in [-0.39, 0.29) is 18.7 Å². The van der Waals surface area contributed by atoms with Crippen LogP contribution in [0.3, 0.4) is 0 Å². The summed E-state index contributed by atoms with van der Waals surface area (Å²) in [5, 5.41) is 12.0. The zero-order valence-electron chi connectivity index (χ0n) is 22.8. The first-order chi connectivity index (χ1) is 20.6. The summed E-state index contributed by atoms with van der Waals surface area (Å²) in [4.78, 5) is 55.5. The van der Waals surface area contributed by atoms with Crippen molar-refractivity contribution >= 4 is 29.1 Å². The van der Waals surface area contributed by atoms with Crippen molar-refractivity contribution < 1.29 is 19.1 Å². The van der Waals surface area contributed by atoms with Crippen molar-refractivity contribution in [1.82, 2.24) is 18.9 Å². The van der Waals surface area contributed by atoms with Crippen LogP contribution in [0.4, 0.5) is 10.1 Å². The van der Waals surface area contributed by atoms with Crippen LogP contribution in [0, 0.1) is 11.7 Å². The second-order valence-corrected chi connectivity index (χ2v) is 11.5. The Morgan fingerprint density at radius 2 is 1.70 bits per heavy atom. The second-order valence-electron chi connectivity index (χ2n) is 11.1. The smallest absolute Gasteiger partial charge is 0.347 e. The minimum Gasteiger partial charge on any atom is -0.508 e. The summed E-state index contributed by atoms with van der Waals surface area (Å²) < 4.78 is 17.4. The molecule has 2 fully saturated rings. The molecule has 0 radical (unpaired) electrons. The van der Waals surface area contributed by atoms with Gasteiger partial charge in [-0.15, -0.1) is 0 Å². The number of carbonyl (C=O) groups is 2. The monoisotopic (exact) mass is 601 g/mol. The molecule has 1 saturated heterocycles. The quantitative estimate of drug-likeness (QED) is 0.273. The van der Waals surface area contributed by atoms with Crippen molar-refractivity contribution in [2.75, 3.05) is 5.43 Å². The molecular formula is C31H25ClFN5O5. The Kier molecular flexibility index (Phi) is 6.00. The summed E-state index contributed by atoms with van der Waals surface area (Å²) in [6.07, 6.45) is 1.88. The van der Waals surface area contributed by atoms with Gasteiger partial charge in [0.25, 0.3) is 11.8 Å². The Bertz CT molecular complexity index is 1960. The van der Waals surface area contributed by atoms with Crippen molar-refractivity contribution in [2.24, 2.45) is 13.0 Å². The lowest BCUT2D eigenvalue weighted by Gasteiger charge is -2.49. The highest BCUT2D eigenvalue weighted by Gasteiger charge is 2.68. The zero-order valence-corrected chi connectivity index (χ0v) is 23.5. The number of hydrazine groups is 1. The van der Waals surface area contributed by atoms with E-state index >= 15 is 0 Å². The molecule has 1 saturated carbocycles. The molecule has 3 aromatic carbocycles. The fraction of sp³-hybridized carbons (Fsp3) is 0.226. The van der Waals surface area contributed by atoms with Crippen LogP contribution in [-0.2, 0) is 28.6 Å². The van der Waals surface area contributed by atoms with Crippen LogP contribution in [0.1, 0.15) is 29.5 Å². The van der Waals surface area contributed by atoms with Crippen molar-refractivity contribution in [3.8, 4) is 5.75 Å². The Morgan fingerprint density at radius 3 is 2.40 bits per heavy atom. The van der Waals surface area contributed by atoms with Gasteiger partial charge in [-0.1, -0.05) is 41.9 Å². The number of carbonyl (C=O) groups excluding carboxylic acids is 2. The lowest BCUT2D eigenvalue weighted by Crippen LogP contribution is -2.53. The second kappa shape index (κ2) is 9.56. The SMILES string of the molecule is Cn1c(=O)n2n(c1=O)[C@@H]1C[C@H]3C(=O)N(Nc4ccc(F)cc4)C(=O)[C@@]3(c3ccc(Cl)cc3)[C@@H](c3cccc(O)c3)C1=CC2. The number of hydrogen-bond donors (Lipinski definition) is 2. The molecule has 0 unspecified atom stereocenters. The molecule has 12 heteroatoms. The highest BCUT2D eigenvalue weighted by Crippen LogP contribution is 2.62. The van der Waals surface area contributed by atoms with Crippen molar-refractivity contribution in [3.05, 3.63) is 127 Å². The number of nitrogens with one attached hydrogen (secondary N) is 1. The van der Waals surface area contributed by atoms with Crippen LogP contribution in [0.5, 0.6) is 5.75 Å². The van der Waals surface area contributed by atoms with E-state index in [1.54, 1.807) is 42.5 Å². The lowest BCUT2D eigenvalue weighted by molar-refractivity contribution is -0.138. The Morgan fingerprint density at radius 1 is 0.977 bits per heavy atom. The van der Waals surface area contributed by atoms with Crippen LogP contribution in [0.25, 0.3) is 0 Å². The topological polar surface area (TPSA) is 119 Å². The minimum absolute atomic E-state index is 0.0364. The van der Waals surface area contributed by atoms with Gasteiger partial charge in [0.15, 0.2) is 0 Å². The summed E-state index contributed by atoms with van der Waals surface area (Å²) in [6.45, 7) is 0.0805. The Balaban J connectivity index is 1.50. The first-order valence-electron chi connectivity index (χ1n) is 13.7. The summed E-state index contributed by atoms with van der Waals surface area (Å²) >= 11 is 6.26. The van der Waals surface area contributed by atoms with E-state index < -0.39 is 52.3 Å². The van der Waals surface area contributed by atoms with Gasteiger partial charge < -0.3 is 5.11 Å². The molecule has 3 aliphatic rings. The molecule has 3 heterocycles. The summed E-state index contributed by atoms with van der Waals surface area (Å²) in [5.74, 6) is -3.43. The van der Waals surface area contributed by atoms with Crippen LogP contribution in [0.15, 0.2) is 94.0 Å². The number of rotatable bonds is 4. The third-order valence-electron chi connectivity index (χ3n) is 8.91. The number of anilines is 1. The molecule has 4 atom stereocenters. The number of fused-ring (bicyclic) bond motifs is 4. The molecular weight excluding hydrogens is 577 g/mol. The van der Waals surface area contributed by atoms with Gasteiger partial charge in [-0.05, 0) is 71.7 Å². The minimum atomic E-state index is -1.52.